The summed E-state index contributed by atoms with van der Waals surface area (Å²) in [4.78, 5) is 12.8. The standard InChI is InChI=1S/C26H30N4O4S/c1-19-26(20(2)30(28-19)22-10-6-4-7-11-22)27-25(31)15-13-21-12-14-23(34-3)24(18-21)35(32,33)29-16-8-5-9-17-29/h4,6-7,10-15,18H,5,8-9,16-17H2,1-3H3,(H,27,31). The number of nitrogens with zero attached hydrogens (tertiary/aromatic N) is 3. The molecular formula is C26H30N4O4S. The molecule has 4 rings (SSSR count). The van der Waals surface area contributed by atoms with E-state index in [1.165, 1.54) is 17.5 Å². The van der Waals surface area contributed by atoms with E-state index in [4.69, 9.17) is 4.74 Å². The first kappa shape index (κ1) is 24.7. The Labute approximate surface area is 206 Å². The van der Waals surface area contributed by atoms with Crippen LogP contribution in [0.3, 0.4) is 0 Å². The van der Waals surface area contributed by atoms with Gasteiger partial charge >= 0.3 is 0 Å². The van der Waals surface area contributed by atoms with Crippen LogP contribution in [-0.2, 0) is 14.8 Å². The van der Waals surface area contributed by atoms with Crippen LogP contribution in [0.15, 0.2) is 59.5 Å². The third-order valence-electron chi connectivity index (χ3n) is 6.09. The molecule has 184 valence electrons. The first-order valence-electron chi connectivity index (χ1n) is 11.6. The number of para-hydroxylation sites is 1. The van der Waals surface area contributed by atoms with Crippen LogP contribution in [-0.4, -0.2) is 48.6 Å². The van der Waals surface area contributed by atoms with Crippen LogP contribution in [0.25, 0.3) is 11.8 Å². The van der Waals surface area contributed by atoms with Gasteiger partial charge in [-0.25, -0.2) is 13.1 Å². The maximum atomic E-state index is 13.2. The molecule has 35 heavy (non-hydrogen) atoms. The molecule has 2 heterocycles. The zero-order chi connectivity index (χ0) is 25.0. The highest BCUT2D eigenvalue weighted by Gasteiger charge is 2.29. The number of sulfonamides is 1. The minimum absolute atomic E-state index is 0.111. The summed E-state index contributed by atoms with van der Waals surface area (Å²) >= 11 is 0. The lowest BCUT2D eigenvalue weighted by atomic mass is 10.2. The van der Waals surface area contributed by atoms with Crippen molar-refractivity contribution in [3.05, 3.63) is 71.6 Å². The molecule has 0 bridgehead atoms. The van der Waals surface area contributed by atoms with E-state index in [2.05, 4.69) is 10.4 Å². The number of benzene rings is 2. The molecule has 0 radical (unpaired) electrons. The van der Waals surface area contributed by atoms with E-state index >= 15 is 0 Å². The molecule has 1 aliphatic rings. The monoisotopic (exact) mass is 494 g/mol. The smallest absolute Gasteiger partial charge is 0.248 e. The number of ether oxygens (including phenoxy) is 1. The number of nitrogens with one attached hydrogen (secondary N) is 1. The van der Waals surface area contributed by atoms with Gasteiger partial charge in [0.15, 0.2) is 0 Å². The molecule has 0 unspecified atom stereocenters. The lowest BCUT2D eigenvalue weighted by molar-refractivity contribution is -0.111. The third-order valence-corrected chi connectivity index (χ3v) is 8.01. The number of amides is 1. The number of carbonyl (C=O) groups is 1. The average Bonchev–Trinajstić information content (AvgIpc) is 3.16. The number of aryl methyl sites for hydroxylation is 1. The third kappa shape index (κ3) is 5.31. The molecule has 0 atom stereocenters. The zero-order valence-corrected chi connectivity index (χ0v) is 21.0. The molecule has 1 fully saturated rings. The fourth-order valence-corrected chi connectivity index (χ4v) is 5.93. The van der Waals surface area contributed by atoms with E-state index < -0.39 is 10.0 Å². The summed E-state index contributed by atoms with van der Waals surface area (Å²) in [5.41, 5.74) is 3.66. The van der Waals surface area contributed by atoms with Crippen molar-refractivity contribution in [3.63, 3.8) is 0 Å². The second kappa shape index (κ2) is 10.5. The van der Waals surface area contributed by atoms with Crippen molar-refractivity contribution < 1.29 is 17.9 Å². The molecule has 1 aliphatic heterocycles. The molecule has 1 N–H and O–H groups in total. The Morgan fingerprint density at radius 3 is 2.46 bits per heavy atom. The van der Waals surface area contributed by atoms with E-state index in [1.807, 2.05) is 44.2 Å². The van der Waals surface area contributed by atoms with Crippen molar-refractivity contribution in [2.24, 2.45) is 0 Å². The number of rotatable bonds is 7. The van der Waals surface area contributed by atoms with Gasteiger partial charge in [-0.1, -0.05) is 30.7 Å². The lowest BCUT2D eigenvalue weighted by Crippen LogP contribution is -2.35. The van der Waals surface area contributed by atoms with E-state index in [9.17, 15) is 13.2 Å². The van der Waals surface area contributed by atoms with Gasteiger partial charge in [0.05, 0.1) is 29.9 Å². The minimum Gasteiger partial charge on any atom is -0.495 e. The molecule has 3 aromatic rings. The summed E-state index contributed by atoms with van der Waals surface area (Å²) in [6.07, 6.45) is 5.71. The molecule has 0 aliphatic carbocycles. The largest absolute Gasteiger partial charge is 0.495 e. The molecule has 0 saturated carbocycles. The highest BCUT2D eigenvalue weighted by molar-refractivity contribution is 7.89. The van der Waals surface area contributed by atoms with Gasteiger partial charge in [-0.2, -0.15) is 9.40 Å². The number of aromatic nitrogens is 2. The highest BCUT2D eigenvalue weighted by Crippen LogP contribution is 2.30. The predicted octanol–water partition coefficient (Wildman–Crippen LogP) is 4.32. The summed E-state index contributed by atoms with van der Waals surface area (Å²) in [6, 6.07) is 14.6. The second-order valence-electron chi connectivity index (χ2n) is 8.49. The zero-order valence-electron chi connectivity index (χ0n) is 20.2. The van der Waals surface area contributed by atoms with Crippen molar-refractivity contribution in [2.45, 2.75) is 38.0 Å². The molecule has 2 aromatic carbocycles. The van der Waals surface area contributed by atoms with Crippen LogP contribution in [0.1, 0.15) is 36.2 Å². The van der Waals surface area contributed by atoms with Crippen LogP contribution in [0.5, 0.6) is 5.75 Å². The van der Waals surface area contributed by atoms with Gasteiger partial charge < -0.3 is 10.1 Å². The molecule has 0 spiro atoms. The Bertz CT molecular complexity index is 1340. The normalized spacial score (nSPS) is 14.8. The molecule has 8 nitrogen and oxygen atoms in total. The Balaban J connectivity index is 1.54. The highest BCUT2D eigenvalue weighted by atomic mass is 32.2. The summed E-state index contributed by atoms with van der Waals surface area (Å²) in [5.74, 6) is -0.0446. The van der Waals surface area contributed by atoms with Gasteiger partial charge in [0, 0.05) is 19.2 Å². The van der Waals surface area contributed by atoms with Crippen LogP contribution in [0.4, 0.5) is 5.69 Å². The van der Waals surface area contributed by atoms with Crippen molar-refractivity contribution in [1.29, 1.82) is 0 Å². The Morgan fingerprint density at radius 1 is 1.06 bits per heavy atom. The van der Waals surface area contributed by atoms with Crippen LogP contribution >= 0.6 is 0 Å². The number of methoxy groups -OCH3 is 1. The maximum absolute atomic E-state index is 13.2. The van der Waals surface area contributed by atoms with Crippen molar-refractivity contribution in [3.8, 4) is 11.4 Å². The lowest BCUT2D eigenvalue weighted by Gasteiger charge is -2.26. The Hall–Kier alpha value is -3.43. The van der Waals surface area contributed by atoms with Crippen molar-refractivity contribution in [2.75, 3.05) is 25.5 Å². The van der Waals surface area contributed by atoms with Gasteiger partial charge in [-0.05, 0) is 62.6 Å². The topological polar surface area (TPSA) is 93.5 Å². The van der Waals surface area contributed by atoms with Gasteiger partial charge in [0.1, 0.15) is 10.6 Å². The number of hydrogen-bond donors (Lipinski definition) is 1. The SMILES string of the molecule is COc1ccc(C=CC(=O)Nc2c(C)nn(-c3ccccc3)c2C)cc1S(=O)(=O)N1CCCCC1. The van der Waals surface area contributed by atoms with Crippen LogP contribution < -0.4 is 10.1 Å². The van der Waals surface area contributed by atoms with Crippen LogP contribution in [0.2, 0.25) is 0 Å². The summed E-state index contributed by atoms with van der Waals surface area (Å²) < 4.78 is 35.1. The van der Waals surface area contributed by atoms with Gasteiger partial charge in [-0.15, -0.1) is 0 Å². The first-order chi connectivity index (χ1) is 16.8. The van der Waals surface area contributed by atoms with E-state index in [0.717, 1.165) is 30.6 Å². The average molecular weight is 495 g/mol. The summed E-state index contributed by atoms with van der Waals surface area (Å²) in [7, 11) is -2.23. The second-order valence-corrected chi connectivity index (χ2v) is 10.4. The Morgan fingerprint density at radius 2 is 1.77 bits per heavy atom. The number of anilines is 1. The molecular weight excluding hydrogens is 464 g/mol. The molecule has 9 heteroatoms. The van der Waals surface area contributed by atoms with Gasteiger partial charge in [-0.3, -0.25) is 4.79 Å². The Kier molecular flexibility index (Phi) is 7.37. The summed E-state index contributed by atoms with van der Waals surface area (Å²) in [6.45, 7) is 4.74. The molecule has 1 aromatic heterocycles. The molecule has 1 amide bonds. The van der Waals surface area contributed by atoms with Crippen molar-refractivity contribution in [1.82, 2.24) is 14.1 Å². The fraction of sp³-hybridized carbons (Fsp3) is 0.308. The van der Waals surface area contributed by atoms with Crippen LogP contribution in [0, 0.1) is 13.8 Å². The van der Waals surface area contributed by atoms with Crippen molar-refractivity contribution >= 4 is 27.7 Å². The number of hydrogen-bond acceptors (Lipinski definition) is 5. The number of carbonyl (C=O) groups excluding carboxylic acids is 1. The van der Waals surface area contributed by atoms with E-state index in [1.54, 1.807) is 29.0 Å². The summed E-state index contributed by atoms with van der Waals surface area (Å²) in [5, 5.41) is 7.44. The number of piperidine rings is 1. The van der Waals surface area contributed by atoms with Gasteiger partial charge in [0.25, 0.3) is 0 Å². The maximum Gasteiger partial charge on any atom is 0.248 e. The minimum atomic E-state index is -3.69. The first-order valence-corrected chi connectivity index (χ1v) is 13.0. The van der Waals surface area contributed by atoms with E-state index in [-0.39, 0.29) is 16.6 Å². The van der Waals surface area contributed by atoms with E-state index in [0.29, 0.717) is 30.0 Å². The molecule has 1 saturated heterocycles. The van der Waals surface area contributed by atoms with Gasteiger partial charge in [0.2, 0.25) is 15.9 Å². The fourth-order valence-electron chi connectivity index (χ4n) is 4.22. The predicted molar refractivity (Wildman–Crippen MR) is 136 cm³/mol. The quantitative estimate of drug-likeness (QED) is 0.494.